The standard InChI is InChI=1S/C10H12N2O4S/c13-7-3-8(9(14)15)12(4-7)10(16)11-6-1-2-17-5-6/h1-2,5,7-8,13H,3-4H2,(H,11,16)(H,14,15)/t7?,8-/m0/s1. The summed E-state index contributed by atoms with van der Waals surface area (Å²) in [6.45, 7) is 0.0485. The van der Waals surface area contributed by atoms with Gasteiger partial charge in [-0.3, -0.25) is 0 Å². The smallest absolute Gasteiger partial charge is 0.326 e. The minimum absolute atomic E-state index is 0.0485. The first-order chi connectivity index (χ1) is 8.08. The normalized spacial score (nSPS) is 23.7. The van der Waals surface area contributed by atoms with E-state index in [1.807, 2.05) is 5.38 Å². The largest absolute Gasteiger partial charge is 0.480 e. The van der Waals surface area contributed by atoms with E-state index in [9.17, 15) is 14.7 Å². The van der Waals surface area contributed by atoms with E-state index in [1.165, 1.54) is 11.3 Å². The SMILES string of the molecule is O=C(O)[C@@H]1CC(O)CN1C(=O)Nc1ccsc1. The Morgan fingerprint density at radius 2 is 2.29 bits per heavy atom. The number of amides is 2. The second-order valence-corrected chi connectivity index (χ2v) is 4.62. The number of carbonyl (C=O) groups is 2. The van der Waals surface area contributed by atoms with E-state index in [-0.39, 0.29) is 13.0 Å². The predicted molar refractivity (Wildman–Crippen MR) is 62.1 cm³/mol. The molecule has 1 aromatic rings. The number of nitrogens with one attached hydrogen (secondary N) is 1. The molecular weight excluding hydrogens is 244 g/mol. The molecule has 2 rings (SSSR count). The van der Waals surface area contributed by atoms with Gasteiger partial charge in [-0.2, -0.15) is 11.3 Å². The summed E-state index contributed by atoms with van der Waals surface area (Å²) in [6.07, 6.45) is -0.698. The van der Waals surface area contributed by atoms with Crippen LogP contribution in [-0.4, -0.2) is 45.8 Å². The number of carbonyl (C=O) groups excluding carboxylic acids is 1. The summed E-state index contributed by atoms with van der Waals surface area (Å²) in [6, 6.07) is 0.279. The van der Waals surface area contributed by atoms with E-state index in [2.05, 4.69) is 5.32 Å². The molecule has 7 heteroatoms. The lowest BCUT2D eigenvalue weighted by atomic mass is 10.2. The molecule has 2 heterocycles. The van der Waals surface area contributed by atoms with Gasteiger partial charge in [-0.05, 0) is 11.4 Å². The summed E-state index contributed by atoms with van der Waals surface area (Å²) >= 11 is 1.43. The summed E-state index contributed by atoms with van der Waals surface area (Å²) in [5.41, 5.74) is 0.630. The van der Waals surface area contributed by atoms with Crippen LogP contribution in [0.2, 0.25) is 0 Å². The molecule has 92 valence electrons. The van der Waals surface area contributed by atoms with Gasteiger partial charge < -0.3 is 20.4 Å². The van der Waals surface area contributed by atoms with Crippen molar-refractivity contribution in [2.75, 3.05) is 11.9 Å². The molecule has 17 heavy (non-hydrogen) atoms. The maximum atomic E-state index is 11.8. The molecule has 1 aromatic heterocycles. The van der Waals surface area contributed by atoms with Crippen LogP contribution in [0.25, 0.3) is 0 Å². The third kappa shape index (κ3) is 2.56. The van der Waals surface area contributed by atoms with E-state index < -0.39 is 24.1 Å². The van der Waals surface area contributed by atoms with E-state index in [0.717, 1.165) is 4.90 Å². The minimum Gasteiger partial charge on any atom is -0.480 e. The van der Waals surface area contributed by atoms with Crippen molar-refractivity contribution in [3.8, 4) is 0 Å². The number of carboxylic acid groups (broad SMARTS) is 1. The van der Waals surface area contributed by atoms with E-state index in [1.54, 1.807) is 11.4 Å². The molecule has 0 saturated carbocycles. The summed E-state index contributed by atoms with van der Waals surface area (Å²) in [4.78, 5) is 23.9. The number of likely N-dealkylation sites (tertiary alicyclic amines) is 1. The minimum atomic E-state index is -1.10. The molecule has 0 spiro atoms. The summed E-state index contributed by atoms with van der Waals surface area (Å²) < 4.78 is 0. The zero-order valence-electron chi connectivity index (χ0n) is 8.87. The van der Waals surface area contributed by atoms with E-state index >= 15 is 0 Å². The Balaban J connectivity index is 2.05. The highest BCUT2D eigenvalue weighted by molar-refractivity contribution is 7.08. The molecule has 6 nitrogen and oxygen atoms in total. The molecule has 0 aliphatic carbocycles. The lowest BCUT2D eigenvalue weighted by Gasteiger charge is -2.21. The highest BCUT2D eigenvalue weighted by Crippen LogP contribution is 2.20. The van der Waals surface area contributed by atoms with Crippen molar-refractivity contribution in [1.82, 2.24) is 4.90 Å². The predicted octanol–water partition coefficient (Wildman–Crippen LogP) is 0.800. The first kappa shape index (κ1) is 11.9. The summed E-state index contributed by atoms with van der Waals surface area (Å²) in [5, 5.41) is 24.5. The van der Waals surface area contributed by atoms with Crippen molar-refractivity contribution in [3.63, 3.8) is 0 Å². The lowest BCUT2D eigenvalue weighted by molar-refractivity contribution is -0.141. The summed E-state index contributed by atoms with van der Waals surface area (Å²) in [5.74, 6) is -1.10. The highest BCUT2D eigenvalue weighted by Gasteiger charge is 2.38. The maximum absolute atomic E-state index is 11.8. The fourth-order valence-corrected chi connectivity index (χ4v) is 2.39. The van der Waals surface area contributed by atoms with Crippen LogP contribution >= 0.6 is 11.3 Å². The van der Waals surface area contributed by atoms with Crippen LogP contribution in [0, 0.1) is 0 Å². The van der Waals surface area contributed by atoms with Crippen LogP contribution in [0.5, 0.6) is 0 Å². The van der Waals surface area contributed by atoms with Crippen molar-refractivity contribution in [2.24, 2.45) is 0 Å². The Bertz CT molecular complexity index is 420. The number of hydrogen-bond donors (Lipinski definition) is 3. The number of nitrogens with zero attached hydrogens (tertiary/aromatic N) is 1. The van der Waals surface area contributed by atoms with Gasteiger partial charge in [0.05, 0.1) is 11.8 Å². The monoisotopic (exact) mass is 256 g/mol. The van der Waals surface area contributed by atoms with Gasteiger partial charge in [0.1, 0.15) is 6.04 Å². The van der Waals surface area contributed by atoms with Crippen molar-refractivity contribution in [1.29, 1.82) is 0 Å². The number of hydrogen-bond acceptors (Lipinski definition) is 4. The average Bonchev–Trinajstić information content (AvgIpc) is 2.86. The molecular formula is C10H12N2O4S. The van der Waals surface area contributed by atoms with Gasteiger partial charge in [-0.15, -0.1) is 0 Å². The van der Waals surface area contributed by atoms with Crippen LogP contribution in [-0.2, 0) is 4.79 Å². The van der Waals surface area contributed by atoms with Gasteiger partial charge in [0.2, 0.25) is 0 Å². The fourth-order valence-electron chi connectivity index (χ4n) is 1.80. The Kier molecular flexibility index (Phi) is 3.30. The van der Waals surface area contributed by atoms with E-state index in [4.69, 9.17) is 5.11 Å². The van der Waals surface area contributed by atoms with Crippen molar-refractivity contribution < 1.29 is 19.8 Å². The van der Waals surface area contributed by atoms with Gasteiger partial charge in [0.15, 0.2) is 0 Å². The van der Waals surface area contributed by atoms with Crippen molar-refractivity contribution >= 4 is 29.0 Å². The van der Waals surface area contributed by atoms with Crippen LogP contribution in [0.4, 0.5) is 10.5 Å². The third-order valence-electron chi connectivity index (χ3n) is 2.60. The molecule has 0 bridgehead atoms. The van der Waals surface area contributed by atoms with Gasteiger partial charge in [-0.25, -0.2) is 9.59 Å². The number of anilines is 1. The number of urea groups is 1. The third-order valence-corrected chi connectivity index (χ3v) is 3.28. The highest BCUT2D eigenvalue weighted by atomic mass is 32.1. The molecule has 2 atom stereocenters. The van der Waals surface area contributed by atoms with Gasteiger partial charge >= 0.3 is 12.0 Å². The number of aliphatic hydroxyl groups is 1. The van der Waals surface area contributed by atoms with Gasteiger partial charge in [0, 0.05) is 18.3 Å². The number of aliphatic carboxylic acids is 1. The van der Waals surface area contributed by atoms with E-state index in [0.29, 0.717) is 5.69 Å². The van der Waals surface area contributed by atoms with Gasteiger partial charge in [-0.1, -0.05) is 0 Å². The Labute approximate surface area is 101 Å². The zero-order chi connectivity index (χ0) is 12.4. The van der Waals surface area contributed by atoms with Crippen LogP contribution in [0.1, 0.15) is 6.42 Å². The molecule has 0 aromatic carbocycles. The Morgan fingerprint density at radius 1 is 1.53 bits per heavy atom. The maximum Gasteiger partial charge on any atom is 0.326 e. The average molecular weight is 256 g/mol. The van der Waals surface area contributed by atoms with Crippen molar-refractivity contribution in [3.05, 3.63) is 16.8 Å². The number of thiophene rings is 1. The number of carboxylic acids is 1. The molecule has 2 amide bonds. The quantitative estimate of drug-likeness (QED) is 0.730. The molecule has 1 aliphatic rings. The molecule has 0 radical (unpaired) electrons. The molecule has 1 saturated heterocycles. The Morgan fingerprint density at radius 3 is 2.88 bits per heavy atom. The zero-order valence-corrected chi connectivity index (χ0v) is 9.68. The van der Waals surface area contributed by atoms with Gasteiger partial charge in [0.25, 0.3) is 0 Å². The van der Waals surface area contributed by atoms with Crippen LogP contribution in [0.3, 0.4) is 0 Å². The second kappa shape index (κ2) is 4.72. The first-order valence-electron chi connectivity index (χ1n) is 5.08. The molecule has 1 unspecified atom stereocenters. The molecule has 1 aliphatic heterocycles. The summed E-state index contributed by atoms with van der Waals surface area (Å²) in [7, 11) is 0. The fraction of sp³-hybridized carbons (Fsp3) is 0.400. The van der Waals surface area contributed by atoms with Crippen molar-refractivity contribution in [2.45, 2.75) is 18.6 Å². The Hall–Kier alpha value is -1.60. The number of β-amino-alcohol motifs (C(OH)–C–C–N with tert-alkyl or cyclic N) is 1. The molecule has 1 fully saturated rings. The lowest BCUT2D eigenvalue weighted by Crippen LogP contribution is -2.42. The topological polar surface area (TPSA) is 89.9 Å². The molecule has 3 N–H and O–H groups in total. The second-order valence-electron chi connectivity index (χ2n) is 3.84. The van der Waals surface area contributed by atoms with Crippen LogP contribution < -0.4 is 5.32 Å². The first-order valence-corrected chi connectivity index (χ1v) is 6.03. The van der Waals surface area contributed by atoms with Crippen LogP contribution in [0.15, 0.2) is 16.8 Å². The number of rotatable bonds is 2. The number of aliphatic hydroxyl groups excluding tert-OH is 1.